The van der Waals surface area contributed by atoms with E-state index in [1.54, 1.807) is 0 Å². The van der Waals surface area contributed by atoms with Gasteiger partial charge in [-0.15, -0.1) is 0 Å². The molecule has 0 aliphatic heterocycles. The van der Waals surface area contributed by atoms with Gasteiger partial charge in [-0.3, -0.25) is 4.79 Å². The topological polar surface area (TPSA) is 55.8 Å². The second-order valence-corrected chi connectivity index (χ2v) is 15.4. The Morgan fingerprint density at radius 2 is 1.79 bits per heavy atom. The lowest BCUT2D eigenvalue weighted by Gasteiger charge is -2.61. The summed E-state index contributed by atoms with van der Waals surface area (Å²) < 4.78 is 11.7. The normalized spacial score (nSPS) is 36.3. The minimum atomic E-state index is -0.353. The number of esters is 1. The highest BCUT2D eigenvalue weighted by atomic mass is 16.5. The Balaban J connectivity index is 1.19. The fourth-order valence-electron chi connectivity index (χ4n) is 10.3. The highest BCUT2D eigenvalue weighted by Crippen LogP contribution is 2.67. The lowest BCUT2D eigenvalue weighted by molar-refractivity contribution is -0.141. The number of aliphatic hydroxyl groups excluding tert-OH is 1. The standard InChI is InChI=1S/C38H58O4/c1-25(2)29(18-21-41-27(4)39)22-36(40)26(3)33-14-15-34-32-13-12-30-23-31(42-24-28-10-8-7-9-11-28)16-19-37(30,5)35(32)17-20-38(33,34)6/h7-11,14,25-26,29-32,34-36,40H,12-13,15-24H2,1-6H3/t26-,29-,30?,31-,32?,34?,35?,36?,37-,38+/m0/s1. The Morgan fingerprint density at radius 3 is 2.50 bits per heavy atom. The van der Waals surface area contributed by atoms with Crippen molar-refractivity contribution in [1.29, 1.82) is 0 Å². The second-order valence-electron chi connectivity index (χ2n) is 15.4. The van der Waals surface area contributed by atoms with Gasteiger partial charge in [0, 0.05) is 12.8 Å². The number of aliphatic hydroxyl groups is 1. The smallest absolute Gasteiger partial charge is 0.302 e. The van der Waals surface area contributed by atoms with Crippen LogP contribution in [0.25, 0.3) is 0 Å². The van der Waals surface area contributed by atoms with E-state index in [9.17, 15) is 9.90 Å². The highest BCUT2D eigenvalue weighted by Gasteiger charge is 2.59. The van der Waals surface area contributed by atoms with Crippen LogP contribution in [0.4, 0.5) is 0 Å². The van der Waals surface area contributed by atoms with Gasteiger partial charge in [0.1, 0.15) is 0 Å². The molecule has 4 nitrogen and oxygen atoms in total. The molecule has 0 spiro atoms. The molecule has 5 unspecified atom stereocenters. The molecule has 3 saturated carbocycles. The van der Waals surface area contributed by atoms with Crippen molar-refractivity contribution in [3.8, 4) is 0 Å². The minimum Gasteiger partial charge on any atom is -0.466 e. The van der Waals surface area contributed by atoms with Crippen LogP contribution in [-0.4, -0.2) is 29.9 Å². The molecule has 1 aromatic rings. The number of hydrogen-bond donors (Lipinski definition) is 1. The fraction of sp³-hybridized carbons (Fsp3) is 0.763. The summed E-state index contributed by atoms with van der Waals surface area (Å²) in [7, 11) is 0. The fourth-order valence-corrected chi connectivity index (χ4v) is 10.3. The first kappa shape index (κ1) is 31.8. The summed E-state index contributed by atoms with van der Waals surface area (Å²) in [6.45, 7) is 14.6. The van der Waals surface area contributed by atoms with Gasteiger partial charge >= 0.3 is 5.97 Å². The zero-order valence-corrected chi connectivity index (χ0v) is 27.3. The zero-order valence-electron chi connectivity index (χ0n) is 27.3. The quantitative estimate of drug-likeness (QED) is 0.211. The lowest BCUT2D eigenvalue weighted by atomic mass is 9.44. The van der Waals surface area contributed by atoms with Gasteiger partial charge in [0.25, 0.3) is 0 Å². The van der Waals surface area contributed by atoms with E-state index in [0.29, 0.717) is 30.0 Å². The van der Waals surface area contributed by atoms with Crippen molar-refractivity contribution in [2.24, 2.45) is 52.3 Å². The average Bonchev–Trinajstić information content (AvgIpc) is 3.32. The molecule has 0 radical (unpaired) electrons. The molecule has 4 aliphatic carbocycles. The molecule has 3 fully saturated rings. The molecular formula is C38H58O4. The molecule has 10 atom stereocenters. The Morgan fingerprint density at radius 1 is 1.02 bits per heavy atom. The van der Waals surface area contributed by atoms with E-state index in [2.05, 4.69) is 71.0 Å². The van der Waals surface area contributed by atoms with Crippen molar-refractivity contribution in [3.63, 3.8) is 0 Å². The molecule has 0 saturated heterocycles. The van der Waals surface area contributed by atoms with Gasteiger partial charge in [0.2, 0.25) is 0 Å². The number of hydrogen-bond acceptors (Lipinski definition) is 4. The van der Waals surface area contributed by atoms with Gasteiger partial charge in [-0.25, -0.2) is 0 Å². The second kappa shape index (κ2) is 13.1. The predicted octanol–water partition coefficient (Wildman–Crippen LogP) is 8.76. The van der Waals surface area contributed by atoms with E-state index in [1.807, 2.05) is 0 Å². The monoisotopic (exact) mass is 578 g/mol. The first-order valence-corrected chi connectivity index (χ1v) is 17.2. The maximum atomic E-state index is 11.5. The third-order valence-electron chi connectivity index (χ3n) is 12.9. The van der Waals surface area contributed by atoms with Crippen molar-refractivity contribution in [3.05, 3.63) is 47.5 Å². The van der Waals surface area contributed by atoms with Gasteiger partial charge < -0.3 is 14.6 Å². The van der Waals surface area contributed by atoms with Crippen LogP contribution in [0.1, 0.15) is 111 Å². The Kier molecular flexibility index (Phi) is 9.94. The number of carbonyl (C=O) groups is 1. The van der Waals surface area contributed by atoms with Crippen LogP contribution in [0.15, 0.2) is 42.0 Å². The van der Waals surface area contributed by atoms with Gasteiger partial charge in [-0.2, -0.15) is 0 Å². The van der Waals surface area contributed by atoms with E-state index in [4.69, 9.17) is 9.47 Å². The van der Waals surface area contributed by atoms with Gasteiger partial charge in [-0.05, 0) is 116 Å². The van der Waals surface area contributed by atoms with Crippen LogP contribution in [-0.2, 0) is 20.9 Å². The van der Waals surface area contributed by atoms with Crippen LogP contribution in [0.5, 0.6) is 0 Å². The van der Waals surface area contributed by atoms with Crippen LogP contribution >= 0.6 is 0 Å². The van der Waals surface area contributed by atoms with Crippen molar-refractivity contribution < 1.29 is 19.4 Å². The molecule has 1 N–H and O–H groups in total. The van der Waals surface area contributed by atoms with Crippen molar-refractivity contribution >= 4 is 5.97 Å². The number of benzene rings is 1. The molecule has 0 amide bonds. The van der Waals surface area contributed by atoms with E-state index in [1.165, 1.54) is 69.4 Å². The Labute approximate surface area is 256 Å². The summed E-state index contributed by atoms with van der Waals surface area (Å²) in [6, 6.07) is 10.6. The first-order chi connectivity index (χ1) is 20.0. The van der Waals surface area contributed by atoms with E-state index >= 15 is 0 Å². The highest BCUT2D eigenvalue weighted by molar-refractivity contribution is 5.65. The van der Waals surface area contributed by atoms with Gasteiger partial charge in [0.05, 0.1) is 25.4 Å². The van der Waals surface area contributed by atoms with E-state index in [-0.39, 0.29) is 23.4 Å². The summed E-state index contributed by atoms with van der Waals surface area (Å²) in [6.07, 6.45) is 14.4. The largest absolute Gasteiger partial charge is 0.466 e. The number of fused-ring (bicyclic) bond motifs is 5. The van der Waals surface area contributed by atoms with Crippen molar-refractivity contribution in [1.82, 2.24) is 0 Å². The van der Waals surface area contributed by atoms with Crippen molar-refractivity contribution in [2.75, 3.05) is 6.61 Å². The third kappa shape index (κ3) is 6.41. The van der Waals surface area contributed by atoms with Gasteiger partial charge in [-0.1, -0.05) is 76.6 Å². The number of carbonyl (C=O) groups excluding carboxylic acids is 1. The van der Waals surface area contributed by atoms with Crippen LogP contribution < -0.4 is 0 Å². The maximum absolute atomic E-state index is 11.5. The minimum absolute atomic E-state index is 0.177. The maximum Gasteiger partial charge on any atom is 0.302 e. The summed E-state index contributed by atoms with van der Waals surface area (Å²) in [5.41, 5.74) is 3.47. The van der Waals surface area contributed by atoms with E-state index in [0.717, 1.165) is 43.1 Å². The predicted molar refractivity (Wildman–Crippen MR) is 170 cm³/mol. The summed E-state index contributed by atoms with van der Waals surface area (Å²) in [5, 5.41) is 11.5. The average molecular weight is 579 g/mol. The Bertz CT molecular complexity index is 1080. The molecule has 0 heterocycles. The van der Waals surface area contributed by atoms with E-state index < -0.39 is 0 Å². The van der Waals surface area contributed by atoms with Gasteiger partial charge in [0.15, 0.2) is 0 Å². The zero-order chi connectivity index (χ0) is 30.1. The number of ether oxygens (including phenoxy) is 2. The molecule has 0 aromatic heterocycles. The molecular weight excluding hydrogens is 520 g/mol. The molecule has 0 bridgehead atoms. The third-order valence-corrected chi connectivity index (χ3v) is 12.9. The SMILES string of the molecule is CC(=O)OCC[C@@H](CC(O)[C@@H](C)C1=CCC2C3CCC4C[C@@H](OCc5ccccc5)CC[C@]4(C)C3CC[C@]12C)C(C)C. The lowest BCUT2D eigenvalue weighted by Crippen LogP contribution is -2.54. The molecule has 5 rings (SSSR count). The van der Waals surface area contributed by atoms with Crippen LogP contribution in [0.3, 0.4) is 0 Å². The molecule has 234 valence electrons. The summed E-state index contributed by atoms with van der Waals surface area (Å²) in [4.78, 5) is 11.3. The first-order valence-electron chi connectivity index (χ1n) is 17.2. The number of rotatable bonds is 11. The Hall–Kier alpha value is -1.65. The number of allylic oxidation sites excluding steroid dienone is 1. The van der Waals surface area contributed by atoms with Crippen LogP contribution in [0.2, 0.25) is 0 Å². The molecule has 4 aliphatic rings. The van der Waals surface area contributed by atoms with Crippen molar-refractivity contribution in [2.45, 2.75) is 125 Å². The summed E-state index contributed by atoms with van der Waals surface area (Å²) >= 11 is 0. The molecule has 4 heteroatoms. The molecule has 42 heavy (non-hydrogen) atoms. The molecule has 1 aromatic carbocycles. The van der Waals surface area contributed by atoms with Crippen LogP contribution in [0, 0.1) is 52.3 Å². The summed E-state index contributed by atoms with van der Waals surface area (Å²) in [5.74, 6) is 3.89.